The van der Waals surface area contributed by atoms with Crippen LogP contribution in [0.15, 0.2) is 0 Å². The van der Waals surface area contributed by atoms with Gasteiger partial charge in [-0.1, -0.05) is 13.8 Å². The van der Waals surface area contributed by atoms with Crippen molar-refractivity contribution in [3.05, 3.63) is 0 Å². The number of nitrogens with two attached hydrogens (primary N) is 2. The summed E-state index contributed by atoms with van der Waals surface area (Å²) < 4.78 is 0. The maximum Gasteiger partial charge on any atom is 0.326 e. The Kier molecular flexibility index (Phi) is 8.35. The SMILES string of the molecule is CC(NC(=O)C(N)CC(N)=O)C(=O)NC(C(=O)N1CCCC1C(=O)O)C(C)C. The summed E-state index contributed by atoms with van der Waals surface area (Å²) in [5.74, 6) is -3.95. The van der Waals surface area contributed by atoms with E-state index in [0.717, 1.165) is 0 Å². The molecule has 1 rings (SSSR count). The molecule has 158 valence electrons. The predicted octanol–water partition coefficient (Wildman–Crippen LogP) is -2.09. The number of carboxylic acid groups (broad SMARTS) is 1. The fourth-order valence-corrected chi connectivity index (χ4v) is 2.95. The van der Waals surface area contributed by atoms with Crippen LogP contribution in [0.3, 0.4) is 0 Å². The highest BCUT2D eigenvalue weighted by Crippen LogP contribution is 2.20. The summed E-state index contributed by atoms with van der Waals surface area (Å²) in [4.78, 5) is 60.6. The first kappa shape index (κ1) is 23.3. The van der Waals surface area contributed by atoms with Crippen LogP contribution in [-0.4, -0.2) is 70.3 Å². The Morgan fingerprint density at radius 3 is 2.21 bits per heavy atom. The second kappa shape index (κ2) is 10.0. The number of carboxylic acids is 1. The standard InChI is InChI=1S/C17H29N5O6/c1-8(2)13(16(26)22-6-4-5-11(22)17(27)28)21-14(24)9(3)20-15(25)10(18)7-12(19)23/h8-11,13H,4-7,18H2,1-3H3,(H2,19,23)(H,20,25)(H,21,24)(H,27,28). The number of hydrogen-bond donors (Lipinski definition) is 5. The van der Waals surface area contributed by atoms with Crippen molar-refractivity contribution in [3.63, 3.8) is 0 Å². The van der Waals surface area contributed by atoms with Gasteiger partial charge in [0, 0.05) is 6.54 Å². The minimum absolute atomic E-state index is 0.300. The molecule has 11 nitrogen and oxygen atoms in total. The van der Waals surface area contributed by atoms with Crippen LogP contribution in [0.25, 0.3) is 0 Å². The maximum atomic E-state index is 12.8. The maximum absolute atomic E-state index is 12.8. The molecule has 1 aliphatic rings. The molecule has 4 amide bonds. The van der Waals surface area contributed by atoms with E-state index < -0.39 is 53.8 Å². The van der Waals surface area contributed by atoms with Gasteiger partial charge in [-0.2, -0.15) is 0 Å². The van der Waals surface area contributed by atoms with E-state index in [2.05, 4.69) is 10.6 Å². The van der Waals surface area contributed by atoms with Gasteiger partial charge in [-0.05, 0) is 25.7 Å². The Labute approximate surface area is 163 Å². The van der Waals surface area contributed by atoms with Gasteiger partial charge >= 0.3 is 5.97 Å². The van der Waals surface area contributed by atoms with E-state index in [1.807, 2.05) is 0 Å². The van der Waals surface area contributed by atoms with Gasteiger partial charge in [0.2, 0.25) is 23.6 Å². The molecule has 0 aromatic heterocycles. The molecule has 1 saturated heterocycles. The number of rotatable bonds is 9. The highest BCUT2D eigenvalue weighted by Gasteiger charge is 2.39. The monoisotopic (exact) mass is 399 g/mol. The topological polar surface area (TPSA) is 185 Å². The zero-order chi connectivity index (χ0) is 21.6. The minimum atomic E-state index is -1.18. The van der Waals surface area contributed by atoms with Crippen LogP contribution in [0.4, 0.5) is 0 Å². The number of nitrogens with one attached hydrogen (secondary N) is 2. The van der Waals surface area contributed by atoms with E-state index in [4.69, 9.17) is 11.5 Å². The van der Waals surface area contributed by atoms with Gasteiger partial charge in [0.1, 0.15) is 18.1 Å². The molecule has 28 heavy (non-hydrogen) atoms. The summed E-state index contributed by atoms with van der Waals surface area (Å²) in [6.07, 6.45) is 0.578. The fraction of sp³-hybridized carbons (Fsp3) is 0.706. The lowest BCUT2D eigenvalue weighted by Crippen LogP contribution is -2.58. The van der Waals surface area contributed by atoms with Gasteiger partial charge in [0.25, 0.3) is 0 Å². The third kappa shape index (κ3) is 6.19. The average Bonchev–Trinajstić information content (AvgIpc) is 3.07. The van der Waals surface area contributed by atoms with Crippen molar-refractivity contribution in [1.29, 1.82) is 0 Å². The fourth-order valence-electron chi connectivity index (χ4n) is 2.95. The third-order valence-corrected chi connectivity index (χ3v) is 4.56. The van der Waals surface area contributed by atoms with Crippen molar-refractivity contribution in [2.24, 2.45) is 17.4 Å². The molecule has 0 spiro atoms. The Balaban J connectivity index is 2.76. The lowest BCUT2D eigenvalue weighted by Gasteiger charge is -2.30. The zero-order valence-electron chi connectivity index (χ0n) is 16.3. The zero-order valence-corrected chi connectivity index (χ0v) is 16.3. The van der Waals surface area contributed by atoms with Gasteiger partial charge in [-0.3, -0.25) is 19.2 Å². The number of hydrogen-bond acceptors (Lipinski definition) is 6. The molecular weight excluding hydrogens is 370 g/mol. The van der Waals surface area contributed by atoms with Gasteiger partial charge in [-0.15, -0.1) is 0 Å². The van der Waals surface area contributed by atoms with Gasteiger partial charge in [-0.25, -0.2) is 4.79 Å². The quantitative estimate of drug-likeness (QED) is 0.294. The van der Waals surface area contributed by atoms with Crippen LogP contribution >= 0.6 is 0 Å². The number of primary amides is 1. The molecule has 4 unspecified atom stereocenters. The second-order valence-electron chi connectivity index (χ2n) is 7.27. The first-order valence-electron chi connectivity index (χ1n) is 9.13. The highest BCUT2D eigenvalue weighted by atomic mass is 16.4. The van der Waals surface area contributed by atoms with Crippen molar-refractivity contribution in [3.8, 4) is 0 Å². The summed E-state index contributed by atoms with van der Waals surface area (Å²) in [5, 5.41) is 14.2. The third-order valence-electron chi connectivity index (χ3n) is 4.56. The predicted molar refractivity (Wildman–Crippen MR) is 98.5 cm³/mol. The summed E-state index contributed by atoms with van der Waals surface area (Å²) in [5.41, 5.74) is 10.5. The minimum Gasteiger partial charge on any atom is -0.480 e. The molecule has 0 saturated carbocycles. The number of carbonyl (C=O) groups is 5. The van der Waals surface area contributed by atoms with E-state index >= 15 is 0 Å². The largest absolute Gasteiger partial charge is 0.480 e. The lowest BCUT2D eigenvalue weighted by atomic mass is 10.0. The number of aliphatic carboxylic acids is 1. The molecule has 0 bridgehead atoms. The molecule has 1 heterocycles. The second-order valence-corrected chi connectivity index (χ2v) is 7.27. The molecular formula is C17H29N5O6. The average molecular weight is 399 g/mol. The summed E-state index contributed by atoms with van der Waals surface area (Å²) in [6, 6.07) is -4.05. The summed E-state index contributed by atoms with van der Waals surface area (Å²) >= 11 is 0. The summed E-state index contributed by atoms with van der Waals surface area (Å²) in [7, 11) is 0. The van der Waals surface area contributed by atoms with E-state index in [-0.39, 0.29) is 12.3 Å². The van der Waals surface area contributed by atoms with Crippen molar-refractivity contribution in [2.75, 3.05) is 6.54 Å². The molecule has 4 atom stereocenters. The Morgan fingerprint density at radius 1 is 1.11 bits per heavy atom. The van der Waals surface area contributed by atoms with Crippen LogP contribution < -0.4 is 22.1 Å². The Morgan fingerprint density at radius 2 is 1.71 bits per heavy atom. The van der Waals surface area contributed by atoms with Crippen LogP contribution in [0, 0.1) is 5.92 Å². The molecule has 0 aromatic carbocycles. The molecule has 1 aliphatic heterocycles. The van der Waals surface area contributed by atoms with E-state index in [0.29, 0.717) is 19.4 Å². The van der Waals surface area contributed by atoms with Crippen molar-refractivity contribution in [2.45, 2.75) is 64.2 Å². The van der Waals surface area contributed by atoms with Crippen LogP contribution in [0.1, 0.15) is 40.0 Å². The van der Waals surface area contributed by atoms with Crippen molar-refractivity contribution >= 4 is 29.6 Å². The highest BCUT2D eigenvalue weighted by molar-refractivity contribution is 5.95. The molecule has 7 N–H and O–H groups in total. The van der Waals surface area contributed by atoms with Gasteiger partial charge in [0.05, 0.1) is 12.5 Å². The molecule has 11 heteroatoms. The number of carbonyl (C=O) groups excluding carboxylic acids is 4. The van der Waals surface area contributed by atoms with E-state index in [9.17, 15) is 29.1 Å². The first-order chi connectivity index (χ1) is 13.0. The smallest absolute Gasteiger partial charge is 0.326 e. The Hall–Kier alpha value is -2.69. The van der Waals surface area contributed by atoms with Gasteiger partial charge in [0.15, 0.2) is 0 Å². The first-order valence-corrected chi connectivity index (χ1v) is 9.13. The van der Waals surface area contributed by atoms with E-state index in [1.165, 1.54) is 11.8 Å². The molecule has 0 radical (unpaired) electrons. The summed E-state index contributed by atoms with van der Waals surface area (Å²) in [6.45, 7) is 5.16. The molecule has 0 aliphatic carbocycles. The number of likely N-dealkylation sites (tertiary alicyclic amines) is 1. The van der Waals surface area contributed by atoms with Crippen LogP contribution in [0.5, 0.6) is 0 Å². The van der Waals surface area contributed by atoms with Crippen LogP contribution in [0.2, 0.25) is 0 Å². The lowest BCUT2D eigenvalue weighted by molar-refractivity contribution is -0.150. The molecule has 1 fully saturated rings. The number of amides is 4. The number of nitrogens with zero attached hydrogens (tertiary/aromatic N) is 1. The van der Waals surface area contributed by atoms with Crippen molar-refractivity contribution < 1.29 is 29.1 Å². The van der Waals surface area contributed by atoms with E-state index in [1.54, 1.807) is 13.8 Å². The Bertz CT molecular complexity index is 638. The van der Waals surface area contributed by atoms with Crippen LogP contribution in [-0.2, 0) is 24.0 Å². The van der Waals surface area contributed by atoms with Gasteiger partial charge < -0.3 is 32.1 Å². The van der Waals surface area contributed by atoms with Crippen molar-refractivity contribution in [1.82, 2.24) is 15.5 Å². The molecule has 0 aromatic rings. The normalized spacial score (nSPS) is 19.6.